The molecule has 0 heterocycles. The smallest absolute Gasteiger partial charge is 0.110 e. The van der Waals surface area contributed by atoms with E-state index in [9.17, 15) is 0 Å². The second-order valence-electron chi connectivity index (χ2n) is 2.30. The zero-order valence-corrected chi connectivity index (χ0v) is 5.89. The van der Waals surface area contributed by atoms with Gasteiger partial charge in [0.1, 0.15) is 23.5 Å². The predicted molar refractivity (Wildman–Crippen MR) is 47.3 cm³/mol. The van der Waals surface area contributed by atoms with Crippen LogP contribution in [0.2, 0.25) is 0 Å². The first kappa shape index (κ1) is 7.52. The molecule has 1 rings (SSSR count). The van der Waals surface area contributed by atoms with Gasteiger partial charge in [-0.1, -0.05) is 17.7 Å². The maximum atomic E-state index is 5.58. The van der Waals surface area contributed by atoms with Gasteiger partial charge in [-0.2, -0.15) is 0 Å². The monoisotopic (exact) mass is 122 g/mol. The average molecular weight is 122 g/mol. The van der Waals surface area contributed by atoms with Crippen LogP contribution in [0.4, 0.5) is 0 Å². The number of aryl methyl sites for hydroxylation is 1. The fourth-order valence-electron chi connectivity index (χ4n) is 0.762. The molecule has 0 amide bonds. The first-order valence-electron chi connectivity index (χ1n) is 3.03. The van der Waals surface area contributed by atoms with E-state index in [4.69, 9.17) is 23.5 Å². The summed E-state index contributed by atoms with van der Waals surface area (Å²) in [4.78, 5) is 0. The largest absolute Gasteiger partial charge is 0.113 e. The molecule has 1 aromatic rings. The quantitative estimate of drug-likeness (QED) is 0.362. The Balaban J connectivity index is 3.34. The molecule has 0 aliphatic heterocycles. The molecule has 6 radical (unpaired) electrons. The van der Waals surface area contributed by atoms with Crippen LogP contribution in [0.3, 0.4) is 0 Å². The van der Waals surface area contributed by atoms with Gasteiger partial charge in [0.25, 0.3) is 0 Å². The first-order chi connectivity index (χ1) is 4.63. The van der Waals surface area contributed by atoms with Crippen LogP contribution in [0.5, 0.6) is 0 Å². The van der Waals surface area contributed by atoms with Crippen LogP contribution in [0.25, 0.3) is 0 Å². The minimum absolute atomic E-state index is 0.486. The molecular weight excluding hydrogens is 117 g/mol. The lowest BCUT2D eigenvalue weighted by atomic mass is 9.71. The SMILES string of the molecule is [B]c1ccc(C)c([B])c1[B]. The third-order valence-corrected chi connectivity index (χ3v) is 1.54. The summed E-state index contributed by atoms with van der Waals surface area (Å²) in [6, 6.07) is 3.60. The van der Waals surface area contributed by atoms with Crippen molar-refractivity contribution in [2.45, 2.75) is 6.92 Å². The number of hydrogen-bond donors (Lipinski definition) is 0. The van der Waals surface area contributed by atoms with E-state index >= 15 is 0 Å². The van der Waals surface area contributed by atoms with E-state index in [0.29, 0.717) is 16.4 Å². The third kappa shape index (κ3) is 1.13. The van der Waals surface area contributed by atoms with E-state index in [1.807, 2.05) is 13.0 Å². The van der Waals surface area contributed by atoms with Crippen LogP contribution in [0.1, 0.15) is 5.56 Å². The molecule has 0 aliphatic rings. The predicted octanol–water partition coefficient (Wildman–Crippen LogP) is -1.62. The Labute approximate surface area is 65.3 Å². The van der Waals surface area contributed by atoms with Crippen molar-refractivity contribution in [1.29, 1.82) is 0 Å². The van der Waals surface area contributed by atoms with Gasteiger partial charge in [0, 0.05) is 0 Å². The zero-order chi connectivity index (χ0) is 7.72. The van der Waals surface area contributed by atoms with Gasteiger partial charge in [-0.05, 0) is 6.92 Å². The number of benzene rings is 1. The molecule has 10 heavy (non-hydrogen) atoms. The van der Waals surface area contributed by atoms with Gasteiger partial charge in [0.2, 0.25) is 0 Å². The van der Waals surface area contributed by atoms with Crippen molar-refractivity contribution in [2.75, 3.05) is 0 Å². The summed E-state index contributed by atoms with van der Waals surface area (Å²) >= 11 is 0. The molecule has 0 aliphatic carbocycles. The van der Waals surface area contributed by atoms with Crippen molar-refractivity contribution < 1.29 is 0 Å². The van der Waals surface area contributed by atoms with Gasteiger partial charge in [0.15, 0.2) is 0 Å². The van der Waals surface area contributed by atoms with E-state index in [2.05, 4.69) is 0 Å². The van der Waals surface area contributed by atoms with Crippen LogP contribution in [0.15, 0.2) is 12.1 Å². The van der Waals surface area contributed by atoms with Gasteiger partial charge in [-0.25, -0.2) is 0 Å². The van der Waals surface area contributed by atoms with Gasteiger partial charge in [0.05, 0.1) is 0 Å². The normalized spacial score (nSPS) is 9.70. The summed E-state index contributed by atoms with van der Waals surface area (Å²) in [6.07, 6.45) is 0. The molecule has 1 aromatic carbocycles. The molecule has 0 aromatic heterocycles. The number of hydrogen-bond acceptors (Lipinski definition) is 0. The minimum atomic E-state index is 0.486. The summed E-state index contributed by atoms with van der Waals surface area (Å²) in [5.41, 5.74) is 2.58. The second kappa shape index (κ2) is 2.57. The molecule has 0 nitrogen and oxygen atoms in total. The highest BCUT2D eigenvalue weighted by Gasteiger charge is 1.96. The lowest BCUT2D eigenvalue weighted by molar-refractivity contribution is 1.54. The van der Waals surface area contributed by atoms with E-state index in [-0.39, 0.29) is 0 Å². The molecule has 0 unspecified atom stereocenters. The van der Waals surface area contributed by atoms with Crippen molar-refractivity contribution in [2.24, 2.45) is 0 Å². The molecule has 0 saturated heterocycles. The van der Waals surface area contributed by atoms with E-state index < -0.39 is 0 Å². The Morgan fingerprint density at radius 1 is 1.00 bits per heavy atom. The Morgan fingerprint density at radius 2 is 1.60 bits per heavy atom. The van der Waals surface area contributed by atoms with Gasteiger partial charge >= 0.3 is 0 Å². The number of rotatable bonds is 0. The maximum Gasteiger partial charge on any atom is 0.113 e. The van der Waals surface area contributed by atoms with Crippen LogP contribution in [-0.2, 0) is 0 Å². The molecule has 0 fully saturated rings. The van der Waals surface area contributed by atoms with Crippen LogP contribution in [-0.4, -0.2) is 23.5 Å². The Kier molecular flexibility index (Phi) is 1.93. The van der Waals surface area contributed by atoms with Crippen molar-refractivity contribution in [1.82, 2.24) is 0 Å². The molecule has 0 atom stereocenters. The van der Waals surface area contributed by atoms with Crippen molar-refractivity contribution in [3.8, 4) is 0 Å². The minimum Gasteiger partial charge on any atom is -0.110 e. The Hall–Kier alpha value is -0.585. The lowest BCUT2D eigenvalue weighted by Gasteiger charge is -2.07. The van der Waals surface area contributed by atoms with E-state index in [1.54, 1.807) is 6.07 Å². The summed E-state index contributed by atoms with van der Waals surface area (Å²) in [7, 11) is 16.6. The molecule has 0 bridgehead atoms. The lowest BCUT2D eigenvalue weighted by Crippen LogP contribution is -2.39. The van der Waals surface area contributed by atoms with Gasteiger partial charge < -0.3 is 0 Å². The van der Waals surface area contributed by atoms with Crippen molar-refractivity contribution in [3.05, 3.63) is 17.7 Å². The third-order valence-electron chi connectivity index (χ3n) is 1.54. The Morgan fingerprint density at radius 3 is 2.10 bits per heavy atom. The molecule has 3 heteroatoms. The van der Waals surface area contributed by atoms with Crippen molar-refractivity contribution >= 4 is 39.9 Å². The molecule has 0 spiro atoms. The zero-order valence-electron chi connectivity index (χ0n) is 5.89. The standard InChI is InChI=1S/C7H5B3/c1-4-2-3-5(8)7(10)6(4)9/h2-3H,1H3. The summed E-state index contributed by atoms with van der Waals surface area (Å²) in [5, 5.41) is 0. The summed E-state index contributed by atoms with van der Waals surface area (Å²) < 4.78 is 0. The van der Waals surface area contributed by atoms with Crippen LogP contribution in [0, 0.1) is 6.92 Å². The van der Waals surface area contributed by atoms with Crippen LogP contribution < -0.4 is 16.4 Å². The first-order valence-corrected chi connectivity index (χ1v) is 3.03. The van der Waals surface area contributed by atoms with Crippen LogP contribution >= 0.6 is 0 Å². The topological polar surface area (TPSA) is 0 Å². The molecule has 0 saturated carbocycles. The highest BCUT2D eigenvalue weighted by molar-refractivity contribution is 6.57. The van der Waals surface area contributed by atoms with Crippen molar-refractivity contribution in [3.63, 3.8) is 0 Å². The fourth-order valence-corrected chi connectivity index (χ4v) is 0.762. The van der Waals surface area contributed by atoms with Gasteiger partial charge in [-0.3, -0.25) is 0 Å². The average Bonchev–Trinajstić information content (AvgIpc) is 1.93. The molecular formula is C7H5B3. The fraction of sp³-hybridized carbons (Fsp3) is 0.143. The highest BCUT2D eigenvalue weighted by atomic mass is 13.9. The van der Waals surface area contributed by atoms with E-state index in [0.717, 1.165) is 5.56 Å². The molecule has 42 valence electrons. The summed E-state index contributed by atoms with van der Waals surface area (Å²) in [5.74, 6) is 0. The second-order valence-corrected chi connectivity index (χ2v) is 2.30. The van der Waals surface area contributed by atoms with Gasteiger partial charge in [-0.15, -0.1) is 16.4 Å². The highest BCUT2D eigenvalue weighted by Crippen LogP contribution is 1.84. The maximum absolute atomic E-state index is 5.58. The molecule has 0 N–H and O–H groups in total. The summed E-state index contributed by atoms with van der Waals surface area (Å²) in [6.45, 7) is 1.89. The van der Waals surface area contributed by atoms with E-state index in [1.165, 1.54) is 0 Å². The Bertz CT molecular complexity index is 228.